The maximum atomic E-state index is 12.2. The van der Waals surface area contributed by atoms with Crippen LogP contribution in [0.2, 0.25) is 0 Å². The van der Waals surface area contributed by atoms with Crippen LogP contribution in [-0.4, -0.2) is 30.0 Å². The minimum atomic E-state index is -4.74. The molecule has 2 aromatic rings. The van der Waals surface area contributed by atoms with E-state index in [0.29, 0.717) is 11.1 Å². The predicted molar refractivity (Wildman–Crippen MR) is 94.3 cm³/mol. The van der Waals surface area contributed by atoms with Crippen LogP contribution >= 0.6 is 0 Å². The minimum Gasteiger partial charge on any atom is -0.406 e. The van der Waals surface area contributed by atoms with Crippen molar-refractivity contribution in [3.8, 4) is 5.75 Å². The van der Waals surface area contributed by atoms with E-state index in [-0.39, 0.29) is 36.8 Å². The van der Waals surface area contributed by atoms with Gasteiger partial charge in [0.15, 0.2) is 5.78 Å². The molecule has 0 aliphatic rings. The molecule has 2 rings (SSSR count). The highest BCUT2D eigenvalue weighted by Gasteiger charge is 2.30. The van der Waals surface area contributed by atoms with Gasteiger partial charge in [0.25, 0.3) is 0 Å². The number of Topliss-reactive ketones (excluding diaryl/α,β-unsaturated/α-hetero) is 1. The van der Waals surface area contributed by atoms with Crippen LogP contribution in [0.15, 0.2) is 48.5 Å². The molecule has 0 aromatic heterocycles. The number of rotatable bonds is 7. The van der Waals surface area contributed by atoms with Crippen LogP contribution in [0.3, 0.4) is 0 Å². The molecule has 144 valence electrons. The molecule has 0 spiro atoms. The molecule has 0 atom stereocenters. The highest BCUT2D eigenvalue weighted by atomic mass is 19.4. The Kier molecular flexibility index (Phi) is 6.60. The van der Waals surface area contributed by atoms with Crippen LogP contribution in [-0.2, 0) is 11.3 Å². The zero-order chi connectivity index (χ0) is 20.0. The van der Waals surface area contributed by atoms with Crippen molar-refractivity contribution in [3.63, 3.8) is 0 Å². The molecular formula is C20H20F3NO3. The second-order valence-electron chi connectivity index (χ2n) is 6.23. The van der Waals surface area contributed by atoms with Gasteiger partial charge in [0.1, 0.15) is 5.75 Å². The molecule has 0 heterocycles. The fourth-order valence-electron chi connectivity index (χ4n) is 2.45. The summed E-state index contributed by atoms with van der Waals surface area (Å²) in [5.74, 6) is -0.639. The first kappa shape index (κ1) is 20.5. The summed E-state index contributed by atoms with van der Waals surface area (Å²) in [6.45, 7) is 2.15. The van der Waals surface area contributed by atoms with E-state index in [1.807, 2.05) is 19.1 Å². The van der Waals surface area contributed by atoms with E-state index < -0.39 is 6.36 Å². The Labute approximate surface area is 155 Å². The smallest absolute Gasteiger partial charge is 0.406 e. The van der Waals surface area contributed by atoms with E-state index in [0.717, 1.165) is 5.56 Å². The minimum absolute atomic E-state index is 0.0679. The van der Waals surface area contributed by atoms with Gasteiger partial charge in [-0.2, -0.15) is 0 Å². The lowest BCUT2D eigenvalue weighted by Crippen LogP contribution is -2.26. The number of ketones is 1. The van der Waals surface area contributed by atoms with Crippen molar-refractivity contribution in [2.75, 3.05) is 7.05 Å². The molecule has 0 aliphatic heterocycles. The second kappa shape index (κ2) is 8.70. The molecule has 0 aliphatic carbocycles. The summed E-state index contributed by atoms with van der Waals surface area (Å²) in [6, 6.07) is 12.5. The number of benzene rings is 2. The average molecular weight is 379 g/mol. The van der Waals surface area contributed by atoms with Crippen molar-refractivity contribution in [1.29, 1.82) is 0 Å². The molecule has 0 N–H and O–H groups in total. The number of hydrogen-bond acceptors (Lipinski definition) is 3. The molecular weight excluding hydrogens is 359 g/mol. The molecule has 1 amide bonds. The average Bonchev–Trinajstić information content (AvgIpc) is 2.60. The van der Waals surface area contributed by atoms with Gasteiger partial charge in [0.05, 0.1) is 0 Å². The Hall–Kier alpha value is -2.83. The highest BCUT2D eigenvalue weighted by Crippen LogP contribution is 2.23. The van der Waals surface area contributed by atoms with E-state index in [9.17, 15) is 22.8 Å². The summed E-state index contributed by atoms with van der Waals surface area (Å²) >= 11 is 0. The van der Waals surface area contributed by atoms with E-state index in [1.165, 1.54) is 29.2 Å². The monoisotopic (exact) mass is 379 g/mol. The van der Waals surface area contributed by atoms with Gasteiger partial charge in [-0.1, -0.05) is 42.0 Å². The number of aryl methyl sites for hydroxylation is 1. The third-order valence-electron chi connectivity index (χ3n) is 3.94. The summed E-state index contributed by atoms with van der Waals surface area (Å²) in [5.41, 5.74) is 2.27. The van der Waals surface area contributed by atoms with Crippen LogP contribution in [0, 0.1) is 6.92 Å². The van der Waals surface area contributed by atoms with E-state index in [4.69, 9.17) is 0 Å². The SMILES string of the molecule is Cc1ccc(C(=O)CCC(=O)N(C)Cc2ccc(OC(F)(F)F)cc2)cc1. The number of hydrogen-bond donors (Lipinski definition) is 0. The number of ether oxygens (including phenoxy) is 1. The van der Waals surface area contributed by atoms with Crippen LogP contribution in [0.25, 0.3) is 0 Å². The molecule has 0 saturated heterocycles. The number of nitrogens with zero attached hydrogens (tertiary/aromatic N) is 1. The van der Waals surface area contributed by atoms with Gasteiger partial charge in [-0.05, 0) is 24.6 Å². The molecule has 2 aromatic carbocycles. The van der Waals surface area contributed by atoms with Crippen molar-refractivity contribution in [3.05, 3.63) is 65.2 Å². The lowest BCUT2D eigenvalue weighted by Gasteiger charge is -2.17. The Morgan fingerprint density at radius 2 is 1.56 bits per heavy atom. The Morgan fingerprint density at radius 1 is 0.963 bits per heavy atom. The van der Waals surface area contributed by atoms with Crippen LogP contribution < -0.4 is 4.74 Å². The maximum absolute atomic E-state index is 12.2. The zero-order valence-corrected chi connectivity index (χ0v) is 15.0. The van der Waals surface area contributed by atoms with Gasteiger partial charge in [-0.3, -0.25) is 9.59 Å². The zero-order valence-electron chi connectivity index (χ0n) is 15.0. The van der Waals surface area contributed by atoms with Gasteiger partial charge < -0.3 is 9.64 Å². The van der Waals surface area contributed by atoms with Crippen molar-refractivity contribution in [2.24, 2.45) is 0 Å². The molecule has 0 saturated carbocycles. The molecule has 7 heteroatoms. The van der Waals surface area contributed by atoms with E-state index >= 15 is 0 Å². The number of carbonyl (C=O) groups excluding carboxylic acids is 2. The van der Waals surface area contributed by atoms with Gasteiger partial charge in [0, 0.05) is 32.0 Å². The Morgan fingerprint density at radius 3 is 2.11 bits per heavy atom. The highest BCUT2D eigenvalue weighted by molar-refractivity contribution is 5.97. The maximum Gasteiger partial charge on any atom is 0.573 e. The lowest BCUT2D eigenvalue weighted by atomic mass is 10.0. The number of amides is 1. The van der Waals surface area contributed by atoms with Crippen LogP contribution in [0.4, 0.5) is 13.2 Å². The predicted octanol–water partition coefficient (Wildman–Crippen LogP) is 4.52. The Balaban J connectivity index is 1.84. The van der Waals surface area contributed by atoms with Gasteiger partial charge in [-0.15, -0.1) is 13.2 Å². The lowest BCUT2D eigenvalue weighted by molar-refractivity contribution is -0.274. The third kappa shape index (κ3) is 6.77. The number of halogens is 3. The summed E-state index contributed by atoms with van der Waals surface area (Å²) in [5, 5.41) is 0. The summed E-state index contributed by atoms with van der Waals surface area (Å²) in [7, 11) is 1.58. The summed E-state index contributed by atoms with van der Waals surface area (Å²) in [6.07, 6.45) is -4.57. The van der Waals surface area contributed by atoms with Crippen molar-refractivity contribution < 1.29 is 27.5 Å². The molecule has 4 nitrogen and oxygen atoms in total. The fraction of sp³-hybridized carbons (Fsp3) is 0.300. The van der Waals surface area contributed by atoms with Gasteiger partial charge >= 0.3 is 6.36 Å². The van der Waals surface area contributed by atoms with Gasteiger partial charge in [0.2, 0.25) is 5.91 Å². The third-order valence-corrected chi connectivity index (χ3v) is 3.94. The van der Waals surface area contributed by atoms with Crippen LogP contribution in [0.5, 0.6) is 5.75 Å². The first-order valence-electron chi connectivity index (χ1n) is 8.32. The topological polar surface area (TPSA) is 46.6 Å². The van der Waals surface area contributed by atoms with Gasteiger partial charge in [-0.25, -0.2) is 0 Å². The molecule has 0 unspecified atom stereocenters. The first-order valence-corrected chi connectivity index (χ1v) is 8.32. The van der Waals surface area contributed by atoms with Crippen molar-refractivity contribution >= 4 is 11.7 Å². The first-order chi connectivity index (χ1) is 12.6. The van der Waals surface area contributed by atoms with E-state index in [1.54, 1.807) is 19.2 Å². The largest absolute Gasteiger partial charge is 0.573 e. The quantitative estimate of drug-likeness (QED) is 0.665. The van der Waals surface area contributed by atoms with Crippen molar-refractivity contribution in [2.45, 2.75) is 32.7 Å². The molecule has 27 heavy (non-hydrogen) atoms. The summed E-state index contributed by atoms with van der Waals surface area (Å²) < 4.78 is 40.2. The normalized spacial score (nSPS) is 11.1. The standard InChI is InChI=1S/C20H20F3NO3/c1-14-3-7-16(8-4-14)18(25)11-12-19(26)24(2)13-15-5-9-17(10-6-15)27-20(21,22)23/h3-10H,11-13H2,1-2H3. The second-order valence-corrected chi connectivity index (χ2v) is 6.23. The van der Waals surface area contributed by atoms with Crippen LogP contribution in [0.1, 0.15) is 34.3 Å². The molecule has 0 fully saturated rings. The molecule has 0 radical (unpaired) electrons. The molecule has 0 bridgehead atoms. The van der Waals surface area contributed by atoms with Crippen molar-refractivity contribution in [1.82, 2.24) is 4.90 Å². The van der Waals surface area contributed by atoms with E-state index in [2.05, 4.69) is 4.74 Å². The summed E-state index contributed by atoms with van der Waals surface area (Å²) in [4.78, 5) is 25.7. The fourth-order valence-corrected chi connectivity index (χ4v) is 2.45. The Bertz CT molecular complexity index is 784. The number of carbonyl (C=O) groups is 2. The number of alkyl halides is 3.